The molecule has 0 aliphatic heterocycles. The van der Waals surface area contributed by atoms with Crippen LogP contribution in [-0.4, -0.2) is 38.1 Å². The SMILES string of the molecule is COc1cc(C(=O)NNC(=O)c2ccccc2)c([N+](=O)[O-])c(OC)c1OC. The summed E-state index contributed by atoms with van der Waals surface area (Å²) in [6.07, 6.45) is 0. The standard InChI is InChI=1S/C17H17N3O7/c1-25-12-9-11(13(20(23)24)15(27-3)14(12)26-2)17(22)19-18-16(21)10-7-5-4-6-8-10/h4-9H,1-3H3,(H,18,21)(H,19,22). The van der Waals surface area contributed by atoms with E-state index in [4.69, 9.17) is 14.2 Å². The summed E-state index contributed by atoms with van der Waals surface area (Å²) < 4.78 is 15.2. The van der Waals surface area contributed by atoms with Crippen LogP contribution >= 0.6 is 0 Å². The molecule has 10 heteroatoms. The van der Waals surface area contributed by atoms with Gasteiger partial charge in [0.05, 0.1) is 26.3 Å². The second kappa shape index (κ2) is 8.52. The number of hydrogen-bond acceptors (Lipinski definition) is 7. The van der Waals surface area contributed by atoms with Crippen LogP contribution < -0.4 is 25.1 Å². The van der Waals surface area contributed by atoms with E-state index in [1.54, 1.807) is 30.3 Å². The first kappa shape index (κ1) is 19.5. The second-order valence-corrected chi connectivity index (χ2v) is 5.07. The number of nitrogens with zero attached hydrogens (tertiary/aromatic N) is 1. The van der Waals surface area contributed by atoms with Gasteiger partial charge in [-0.2, -0.15) is 0 Å². The lowest BCUT2D eigenvalue weighted by molar-refractivity contribution is -0.386. The van der Waals surface area contributed by atoms with Crippen molar-refractivity contribution in [1.82, 2.24) is 10.9 Å². The van der Waals surface area contributed by atoms with E-state index in [2.05, 4.69) is 10.9 Å². The molecule has 0 atom stereocenters. The Balaban J connectivity index is 2.37. The Bertz CT molecular complexity index is 869. The number of carbonyl (C=O) groups is 2. The van der Waals surface area contributed by atoms with Crippen LogP contribution in [0.3, 0.4) is 0 Å². The van der Waals surface area contributed by atoms with Crippen molar-refractivity contribution in [3.63, 3.8) is 0 Å². The molecule has 0 radical (unpaired) electrons. The molecular weight excluding hydrogens is 358 g/mol. The summed E-state index contributed by atoms with van der Waals surface area (Å²) in [7, 11) is 3.79. The monoisotopic (exact) mass is 375 g/mol. The molecule has 0 saturated heterocycles. The maximum Gasteiger partial charge on any atom is 0.327 e. The van der Waals surface area contributed by atoms with Crippen molar-refractivity contribution < 1.29 is 28.7 Å². The van der Waals surface area contributed by atoms with Gasteiger partial charge in [0, 0.05) is 11.6 Å². The van der Waals surface area contributed by atoms with Gasteiger partial charge in [0.2, 0.25) is 11.5 Å². The van der Waals surface area contributed by atoms with Crippen LogP contribution in [0.5, 0.6) is 17.2 Å². The predicted octanol–water partition coefficient (Wildman–Crippen LogP) is 1.70. The lowest BCUT2D eigenvalue weighted by atomic mass is 10.1. The van der Waals surface area contributed by atoms with E-state index in [1.165, 1.54) is 21.3 Å². The van der Waals surface area contributed by atoms with Gasteiger partial charge in [0.25, 0.3) is 11.8 Å². The molecule has 2 rings (SSSR count). The Hall–Kier alpha value is -3.82. The zero-order valence-corrected chi connectivity index (χ0v) is 14.8. The second-order valence-electron chi connectivity index (χ2n) is 5.07. The number of hydrazine groups is 1. The fraction of sp³-hybridized carbons (Fsp3) is 0.176. The first-order chi connectivity index (χ1) is 12.9. The van der Waals surface area contributed by atoms with Crippen molar-refractivity contribution in [2.24, 2.45) is 0 Å². The number of carbonyl (C=O) groups excluding carboxylic acids is 2. The first-order valence-electron chi connectivity index (χ1n) is 7.57. The molecule has 0 unspecified atom stereocenters. The molecular formula is C17H17N3O7. The average molecular weight is 375 g/mol. The summed E-state index contributed by atoms with van der Waals surface area (Å²) in [4.78, 5) is 35.2. The van der Waals surface area contributed by atoms with Crippen LogP contribution in [0.2, 0.25) is 0 Å². The minimum Gasteiger partial charge on any atom is -0.493 e. The molecule has 0 aliphatic carbocycles. The van der Waals surface area contributed by atoms with Gasteiger partial charge >= 0.3 is 5.69 Å². The first-order valence-corrected chi connectivity index (χ1v) is 7.57. The van der Waals surface area contributed by atoms with Crippen LogP contribution in [0.25, 0.3) is 0 Å². The van der Waals surface area contributed by atoms with E-state index >= 15 is 0 Å². The molecule has 0 aromatic heterocycles. The smallest absolute Gasteiger partial charge is 0.327 e. The highest BCUT2D eigenvalue weighted by atomic mass is 16.6. The van der Waals surface area contributed by atoms with Gasteiger partial charge in [-0.05, 0) is 12.1 Å². The highest BCUT2D eigenvalue weighted by Crippen LogP contribution is 2.46. The molecule has 27 heavy (non-hydrogen) atoms. The van der Waals surface area contributed by atoms with Crippen molar-refractivity contribution in [3.05, 3.63) is 57.6 Å². The van der Waals surface area contributed by atoms with Crippen molar-refractivity contribution >= 4 is 17.5 Å². The number of nitrogens with one attached hydrogen (secondary N) is 2. The van der Waals surface area contributed by atoms with E-state index in [9.17, 15) is 19.7 Å². The number of nitro benzene ring substituents is 1. The Kier molecular flexibility index (Phi) is 6.15. The number of amides is 2. The fourth-order valence-corrected chi connectivity index (χ4v) is 2.34. The van der Waals surface area contributed by atoms with Gasteiger partial charge in [-0.3, -0.25) is 30.6 Å². The van der Waals surface area contributed by atoms with Crippen LogP contribution in [0.4, 0.5) is 5.69 Å². The molecule has 10 nitrogen and oxygen atoms in total. The number of methoxy groups -OCH3 is 3. The summed E-state index contributed by atoms with van der Waals surface area (Å²) in [5.41, 5.74) is 3.64. The number of rotatable bonds is 6. The van der Waals surface area contributed by atoms with Crippen molar-refractivity contribution in [3.8, 4) is 17.2 Å². The Morgan fingerprint density at radius 2 is 1.52 bits per heavy atom. The molecule has 0 spiro atoms. The van der Waals surface area contributed by atoms with Crippen LogP contribution in [0.1, 0.15) is 20.7 Å². The molecule has 0 heterocycles. The molecule has 2 N–H and O–H groups in total. The third-order valence-corrected chi connectivity index (χ3v) is 3.56. The summed E-state index contributed by atoms with van der Waals surface area (Å²) in [5, 5.41) is 11.5. The average Bonchev–Trinajstić information content (AvgIpc) is 2.70. The molecule has 0 saturated carbocycles. The maximum absolute atomic E-state index is 12.5. The zero-order chi connectivity index (χ0) is 20.0. The Labute approximate surface area is 154 Å². The minimum atomic E-state index is -0.926. The van der Waals surface area contributed by atoms with Crippen LogP contribution in [0, 0.1) is 10.1 Å². The molecule has 0 aliphatic rings. The Morgan fingerprint density at radius 3 is 2.04 bits per heavy atom. The van der Waals surface area contributed by atoms with E-state index in [0.29, 0.717) is 5.56 Å². The van der Waals surface area contributed by atoms with E-state index in [1.807, 2.05) is 0 Å². The molecule has 2 amide bonds. The van der Waals surface area contributed by atoms with Crippen LogP contribution in [-0.2, 0) is 0 Å². The van der Waals surface area contributed by atoms with E-state index in [-0.39, 0.29) is 22.8 Å². The Morgan fingerprint density at radius 1 is 0.926 bits per heavy atom. The summed E-state index contributed by atoms with van der Waals surface area (Å²) in [5.74, 6) is -1.76. The van der Waals surface area contributed by atoms with Crippen molar-refractivity contribution in [2.45, 2.75) is 0 Å². The van der Waals surface area contributed by atoms with Gasteiger partial charge < -0.3 is 14.2 Å². The maximum atomic E-state index is 12.5. The molecule has 0 fully saturated rings. The van der Waals surface area contributed by atoms with Crippen molar-refractivity contribution in [2.75, 3.05) is 21.3 Å². The van der Waals surface area contributed by atoms with Crippen molar-refractivity contribution in [1.29, 1.82) is 0 Å². The van der Waals surface area contributed by atoms with Gasteiger partial charge in [-0.1, -0.05) is 18.2 Å². The molecule has 2 aromatic carbocycles. The quantitative estimate of drug-likeness (QED) is 0.580. The fourth-order valence-electron chi connectivity index (χ4n) is 2.34. The molecule has 2 aromatic rings. The lowest BCUT2D eigenvalue weighted by Gasteiger charge is -2.15. The lowest BCUT2D eigenvalue weighted by Crippen LogP contribution is -2.41. The molecule has 0 bridgehead atoms. The topological polar surface area (TPSA) is 129 Å². The van der Waals surface area contributed by atoms with Gasteiger partial charge in [0.1, 0.15) is 5.56 Å². The predicted molar refractivity (Wildman–Crippen MR) is 94.1 cm³/mol. The van der Waals surface area contributed by atoms with E-state index in [0.717, 1.165) is 6.07 Å². The van der Waals surface area contributed by atoms with E-state index < -0.39 is 22.4 Å². The summed E-state index contributed by atoms with van der Waals surface area (Å²) >= 11 is 0. The minimum absolute atomic E-state index is 0.0310. The van der Waals surface area contributed by atoms with Gasteiger partial charge in [0.15, 0.2) is 5.75 Å². The van der Waals surface area contributed by atoms with Crippen LogP contribution in [0.15, 0.2) is 36.4 Å². The third kappa shape index (κ3) is 4.06. The number of ether oxygens (including phenoxy) is 3. The third-order valence-electron chi connectivity index (χ3n) is 3.56. The van der Waals surface area contributed by atoms with Gasteiger partial charge in [-0.15, -0.1) is 0 Å². The summed E-state index contributed by atoms with van der Waals surface area (Å²) in [6.45, 7) is 0. The number of nitro groups is 1. The zero-order valence-electron chi connectivity index (χ0n) is 14.8. The summed E-state index contributed by atoms with van der Waals surface area (Å²) in [6, 6.07) is 9.26. The largest absolute Gasteiger partial charge is 0.493 e. The highest BCUT2D eigenvalue weighted by molar-refractivity contribution is 6.02. The highest BCUT2D eigenvalue weighted by Gasteiger charge is 2.32. The molecule has 142 valence electrons. The van der Waals surface area contributed by atoms with Gasteiger partial charge in [-0.25, -0.2) is 0 Å². The normalized spacial score (nSPS) is 9.89. The number of hydrogen-bond donors (Lipinski definition) is 2. The number of benzene rings is 2.